The number of benzene rings is 1. The number of hydrogen-bond donors (Lipinski definition) is 2. The number of aliphatic hydroxyl groups excluding tert-OH is 1. The van der Waals surface area contributed by atoms with Crippen LogP contribution in [0, 0.1) is 0 Å². The van der Waals surface area contributed by atoms with E-state index in [1.54, 1.807) is 4.90 Å². The monoisotopic (exact) mass is 290 g/mol. The molecule has 1 aromatic carbocycles. The Labute approximate surface area is 125 Å². The quantitative estimate of drug-likeness (QED) is 0.811. The van der Waals surface area contributed by atoms with E-state index in [9.17, 15) is 14.7 Å². The SMILES string of the molecule is O=C(CN1CCCCC1=O)NCC(O)Cc1ccccc1. The van der Waals surface area contributed by atoms with Crippen LogP contribution in [0.4, 0.5) is 0 Å². The number of carbonyl (C=O) groups is 2. The van der Waals surface area contributed by atoms with E-state index in [-0.39, 0.29) is 24.9 Å². The third-order valence-corrected chi connectivity index (χ3v) is 3.60. The predicted octanol–water partition coefficient (Wildman–Crippen LogP) is 0.719. The van der Waals surface area contributed by atoms with Crippen LogP contribution in [0.3, 0.4) is 0 Å². The van der Waals surface area contributed by atoms with Gasteiger partial charge in [-0.1, -0.05) is 30.3 Å². The highest BCUT2D eigenvalue weighted by atomic mass is 16.3. The summed E-state index contributed by atoms with van der Waals surface area (Å²) in [4.78, 5) is 25.0. The Morgan fingerprint density at radius 3 is 2.76 bits per heavy atom. The summed E-state index contributed by atoms with van der Waals surface area (Å²) in [5.41, 5.74) is 1.03. The zero-order chi connectivity index (χ0) is 15.1. The molecule has 0 radical (unpaired) electrons. The summed E-state index contributed by atoms with van der Waals surface area (Å²) in [7, 11) is 0. The van der Waals surface area contributed by atoms with E-state index in [4.69, 9.17) is 0 Å². The maximum atomic E-state index is 11.8. The van der Waals surface area contributed by atoms with Crippen LogP contribution in [-0.2, 0) is 16.0 Å². The maximum Gasteiger partial charge on any atom is 0.239 e. The molecule has 1 atom stereocenters. The summed E-state index contributed by atoms with van der Waals surface area (Å²) in [5, 5.41) is 12.6. The number of piperidine rings is 1. The maximum absolute atomic E-state index is 11.8. The first-order valence-electron chi connectivity index (χ1n) is 7.41. The molecule has 2 rings (SSSR count). The van der Waals surface area contributed by atoms with Gasteiger partial charge in [-0.15, -0.1) is 0 Å². The second kappa shape index (κ2) is 7.78. The third kappa shape index (κ3) is 5.19. The number of nitrogens with zero attached hydrogens (tertiary/aromatic N) is 1. The molecule has 2 amide bonds. The highest BCUT2D eigenvalue weighted by molar-refractivity contribution is 5.85. The van der Waals surface area contributed by atoms with E-state index >= 15 is 0 Å². The molecule has 1 saturated heterocycles. The van der Waals surface area contributed by atoms with Crippen molar-refractivity contribution < 1.29 is 14.7 Å². The van der Waals surface area contributed by atoms with Gasteiger partial charge in [0, 0.05) is 25.9 Å². The minimum atomic E-state index is -0.617. The van der Waals surface area contributed by atoms with Crippen molar-refractivity contribution in [1.82, 2.24) is 10.2 Å². The lowest BCUT2D eigenvalue weighted by Crippen LogP contribution is -2.44. The molecule has 21 heavy (non-hydrogen) atoms. The first-order valence-corrected chi connectivity index (χ1v) is 7.41. The molecule has 5 heteroatoms. The Morgan fingerprint density at radius 2 is 2.05 bits per heavy atom. The highest BCUT2D eigenvalue weighted by Gasteiger charge is 2.20. The van der Waals surface area contributed by atoms with Crippen LogP contribution in [0.15, 0.2) is 30.3 Å². The van der Waals surface area contributed by atoms with Crippen LogP contribution in [0.2, 0.25) is 0 Å². The standard InChI is InChI=1S/C16H22N2O3/c19-14(10-13-6-2-1-3-7-13)11-17-15(20)12-18-9-5-4-8-16(18)21/h1-3,6-7,14,19H,4-5,8-12H2,(H,17,20). The second-order valence-electron chi connectivity index (χ2n) is 5.42. The number of aliphatic hydroxyl groups is 1. The van der Waals surface area contributed by atoms with Gasteiger partial charge in [-0.3, -0.25) is 9.59 Å². The fourth-order valence-electron chi connectivity index (χ4n) is 2.45. The number of nitrogens with one attached hydrogen (secondary N) is 1. The summed E-state index contributed by atoms with van der Waals surface area (Å²) in [6, 6.07) is 9.65. The molecule has 114 valence electrons. The molecule has 1 aromatic rings. The molecular formula is C16H22N2O3. The van der Waals surface area contributed by atoms with Crippen molar-refractivity contribution in [3.05, 3.63) is 35.9 Å². The normalized spacial score (nSPS) is 16.6. The number of hydrogen-bond acceptors (Lipinski definition) is 3. The minimum Gasteiger partial charge on any atom is -0.391 e. The molecule has 0 aromatic heterocycles. The first kappa shape index (κ1) is 15.5. The van der Waals surface area contributed by atoms with Crippen molar-refractivity contribution in [2.75, 3.05) is 19.6 Å². The molecule has 1 heterocycles. The van der Waals surface area contributed by atoms with Crippen LogP contribution < -0.4 is 5.32 Å². The Morgan fingerprint density at radius 1 is 1.29 bits per heavy atom. The van der Waals surface area contributed by atoms with Crippen LogP contribution in [0.25, 0.3) is 0 Å². The highest BCUT2D eigenvalue weighted by Crippen LogP contribution is 2.09. The van der Waals surface area contributed by atoms with E-state index < -0.39 is 6.10 Å². The topological polar surface area (TPSA) is 69.6 Å². The summed E-state index contributed by atoms with van der Waals surface area (Å²) in [6.07, 6.45) is 2.28. The van der Waals surface area contributed by atoms with Gasteiger partial charge in [-0.25, -0.2) is 0 Å². The largest absolute Gasteiger partial charge is 0.391 e. The van der Waals surface area contributed by atoms with Crippen LogP contribution in [0.5, 0.6) is 0 Å². The third-order valence-electron chi connectivity index (χ3n) is 3.60. The average molecular weight is 290 g/mol. The lowest BCUT2D eigenvalue weighted by Gasteiger charge is -2.26. The lowest BCUT2D eigenvalue weighted by atomic mass is 10.1. The van der Waals surface area contributed by atoms with Gasteiger partial charge in [0.2, 0.25) is 11.8 Å². The van der Waals surface area contributed by atoms with E-state index in [0.717, 1.165) is 18.4 Å². The number of likely N-dealkylation sites (tertiary alicyclic amines) is 1. The number of rotatable bonds is 6. The zero-order valence-electron chi connectivity index (χ0n) is 12.1. The molecule has 1 fully saturated rings. The smallest absolute Gasteiger partial charge is 0.239 e. The number of carbonyl (C=O) groups excluding carboxylic acids is 2. The Kier molecular flexibility index (Phi) is 5.75. The molecule has 1 aliphatic rings. The van der Waals surface area contributed by atoms with Gasteiger partial charge >= 0.3 is 0 Å². The van der Waals surface area contributed by atoms with Crippen molar-refractivity contribution in [2.24, 2.45) is 0 Å². The molecule has 2 N–H and O–H groups in total. The van der Waals surface area contributed by atoms with Crippen molar-refractivity contribution in [1.29, 1.82) is 0 Å². The van der Waals surface area contributed by atoms with Gasteiger partial charge in [0.05, 0.1) is 12.6 Å². The van der Waals surface area contributed by atoms with E-state index in [2.05, 4.69) is 5.32 Å². The molecule has 5 nitrogen and oxygen atoms in total. The van der Waals surface area contributed by atoms with Crippen molar-refractivity contribution >= 4 is 11.8 Å². The zero-order valence-corrected chi connectivity index (χ0v) is 12.1. The molecule has 0 spiro atoms. The molecule has 0 aliphatic carbocycles. The second-order valence-corrected chi connectivity index (χ2v) is 5.42. The summed E-state index contributed by atoms with van der Waals surface area (Å²) in [5.74, 6) is -0.168. The van der Waals surface area contributed by atoms with Gasteiger partial charge in [0.15, 0.2) is 0 Å². The summed E-state index contributed by atoms with van der Waals surface area (Å²) < 4.78 is 0. The van der Waals surface area contributed by atoms with Crippen LogP contribution in [-0.4, -0.2) is 47.6 Å². The van der Waals surface area contributed by atoms with Gasteiger partial charge in [0.1, 0.15) is 0 Å². The van der Waals surface area contributed by atoms with Gasteiger partial charge in [-0.2, -0.15) is 0 Å². The first-order chi connectivity index (χ1) is 10.1. The Hall–Kier alpha value is -1.88. The Bertz CT molecular complexity index is 476. The van der Waals surface area contributed by atoms with Gasteiger partial charge < -0.3 is 15.3 Å². The minimum absolute atomic E-state index is 0.0428. The molecule has 0 bridgehead atoms. The van der Waals surface area contributed by atoms with Crippen molar-refractivity contribution in [2.45, 2.75) is 31.8 Å². The average Bonchev–Trinajstić information content (AvgIpc) is 2.49. The molecular weight excluding hydrogens is 268 g/mol. The van der Waals surface area contributed by atoms with E-state index in [0.29, 0.717) is 19.4 Å². The molecule has 1 unspecified atom stereocenters. The van der Waals surface area contributed by atoms with Gasteiger partial charge in [0.25, 0.3) is 0 Å². The van der Waals surface area contributed by atoms with Crippen LogP contribution in [0.1, 0.15) is 24.8 Å². The fourth-order valence-corrected chi connectivity index (χ4v) is 2.45. The summed E-state index contributed by atoms with van der Waals surface area (Å²) in [6.45, 7) is 0.950. The Balaban J connectivity index is 1.69. The predicted molar refractivity (Wildman–Crippen MR) is 79.6 cm³/mol. The van der Waals surface area contributed by atoms with Gasteiger partial charge in [-0.05, 0) is 18.4 Å². The van der Waals surface area contributed by atoms with E-state index in [1.165, 1.54) is 0 Å². The fraction of sp³-hybridized carbons (Fsp3) is 0.500. The van der Waals surface area contributed by atoms with Crippen LogP contribution >= 0.6 is 0 Å². The number of amides is 2. The van der Waals surface area contributed by atoms with E-state index in [1.807, 2.05) is 30.3 Å². The van der Waals surface area contributed by atoms with Crippen molar-refractivity contribution in [3.63, 3.8) is 0 Å². The van der Waals surface area contributed by atoms with Crippen molar-refractivity contribution in [3.8, 4) is 0 Å². The molecule has 1 aliphatic heterocycles. The lowest BCUT2D eigenvalue weighted by molar-refractivity contribution is -0.137. The molecule has 0 saturated carbocycles. The summed E-state index contributed by atoms with van der Waals surface area (Å²) >= 11 is 0.